The predicted molar refractivity (Wildman–Crippen MR) is 95.3 cm³/mol. The molecule has 2 amide bonds. The van der Waals surface area contributed by atoms with E-state index in [1.165, 1.54) is 11.3 Å². The van der Waals surface area contributed by atoms with Gasteiger partial charge in [-0.05, 0) is 32.1 Å². The topological polar surface area (TPSA) is 71.5 Å². The Bertz CT molecular complexity index is 694. The Morgan fingerprint density at radius 2 is 2.24 bits per heavy atom. The van der Waals surface area contributed by atoms with Gasteiger partial charge in [-0.2, -0.15) is 0 Å². The van der Waals surface area contributed by atoms with Crippen LogP contribution >= 0.6 is 11.3 Å². The lowest BCUT2D eigenvalue weighted by molar-refractivity contribution is -0.136. The molecule has 0 spiro atoms. The van der Waals surface area contributed by atoms with Gasteiger partial charge in [-0.25, -0.2) is 4.98 Å². The van der Waals surface area contributed by atoms with Crippen molar-refractivity contribution in [2.45, 2.75) is 51.2 Å². The van der Waals surface area contributed by atoms with Gasteiger partial charge in [0.15, 0.2) is 5.13 Å². The number of amides is 2. The third kappa shape index (κ3) is 3.62. The van der Waals surface area contributed by atoms with Gasteiger partial charge in [0.25, 0.3) is 5.91 Å². The first-order chi connectivity index (χ1) is 12.2. The van der Waals surface area contributed by atoms with Gasteiger partial charge in [0.05, 0.1) is 12.2 Å². The smallest absolute Gasteiger partial charge is 0.255 e. The van der Waals surface area contributed by atoms with Crippen LogP contribution in [0.3, 0.4) is 0 Å². The van der Waals surface area contributed by atoms with Gasteiger partial charge in [-0.3, -0.25) is 14.9 Å². The van der Waals surface area contributed by atoms with Crippen molar-refractivity contribution in [3.05, 3.63) is 22.7 Å². The van der Waals surface area contributed by atoms with Crippen molar-refractivity contribution in [3.8, 4) is 0 Å². The number of rotatable bonds is 3. The highest BCUT2D eigenvalue weighted by Crippen LogP contribution is 2.31. The first-order valence-electron chi connectivity index (χ1n) is 9.05. The van der Waals surface area contributed by atoms with E-state index in [4.69, 9.17) is 4.74 Å². The van der Waals surface area contributed by atoms with E-state index in [1.54, 1.807) is 0 Å². The SMILES string of the molecule is O=C(Nc1nc2c(s1)CN(C(=O)[C@H]1CC=CCC1)CC2)[C@@H]1CCCO1. The zero-order valence-corrected chi connectivity index (χ0v) is 15.0. The minimum atomic E-state index is -0.349. The largest absolute Gasteiger partial charge is 0.368 e. The molecule has 6 nitrogen and oxygen atoms in total. The van der Waals surface area contributed by atoms with Gasteiger partial charge in [-0.1, -0.05) is 23.5 Å². The van der Waals surface area contributed by atoms with E-state index in [9.17, 15) is 9.59 Å². The van der Waals surface area contributed by atoms with Crippen LogP contribution in [0.5, 0.6) is 0 Å². The summed E-state index contributed by atoms with van der Waals surface area (Å²) in [6, 6.07) is 0. The fraction of sp³-hybridized carbons (Fsp3) is 0.611. The molecule has 0 saturated carbocycles. The molecule has 1 N–H and O–H groups in total. The number of thiazole rings is 1. The third-order valence-electron chi connectivity index (χ3n) is 5.11. The van der Waals surface area contributed by atoms with Crippen LogP contribution in [0.1, 0.15) is 42.7 Å². The van der Waals surface area contributed by atoms with E-state index < -0.39 is 0 Å². The zero-order chi connectivity index (χ0) is 17.2. The number of nitrogens with one attached hydrogen (secondary N) is 1. The molecular formula is C18H23N3O3S. The van der Waals surface area contributed by atoms with Crippen LogP contribution < -0.4 is 5.32 Å². The molecule has 1 fully saturated rings. The molecule has 0 aromatic carbocycles. The van der Waals surface area contributed by atoms with Crippen LogP contribution in [0.4, 0.5) is 5.13 Å². The van der Waals surface area contributed by atoms with Gasteiger partial charge in [0.2, 0.25) is 5.91 Å². The van der Waals surface area contributed by atoms with E-state index in [0.717, 1.165) is 55.6 Å². The fourth-order valence-corrected chi connectivity index (χ4v) is 4.71. The summed E-state index contributed by atoms with van der Waals surface area (Å²) in [6.07, 6.45) is 9.19. The molecule has 1 aromatic rings. The average Bonchev–Trinajstić information content (AvgIpc) is 3.30. The molecule has 0 unspecified atom stereocenters. The van der Waals surface area contributed by atoms with E-state index in [-0.39, 0.29) is 23.8 Å². The van der Waals surface area contributed by atoms with Crippen molar-refractivity contribution in [2.24, 2.45) is 5.92 Å². The number of nitrogens with zero attached hydrogens (tertiary/aromatic N) is 2. The lowest BCUT2D eigenvalue weighted by Gasteiger charge is -2.30. The first kappa shape index (κ1) is 16.7. The Hall–Kier alpha value is -1.73. The van der Waals surface area contributed by atoms with Crippen molar-refractivity contribution in [2.75, 3.05) is 18.5 Å². The average molecular weight is 361 g/mol. The highest BCUT2D eigenvalue weighted by atomic mass is 32.1. The molecule has 1 aliphatic carbocycles. The maximum atomic E-state index is 12.7. The number of fused-ring (bicyclic) bond motifs is 1. The van der Waals surface area contributed by atoms with Crippen LogP contribution in [-0.2, 0) is 27.3 Å². The Kier molecular flexibility index (Phi) is 4.85. The highest BCUT2D eigenvalue weighted by Gasteiger charge is 2.30. The highest BCUT2D eigenvalue weighted by molar-refractivity contribution is 7.15. The Morgan fingerprint density at radius 3 is 3.00 bits per heavy atom. The van der Waals surface area contributed by atoms with Crippen molar-refractivity contribution in [3.63, 3.8) is 0 Å². The van der Waals surface area contributed by atoms with E-state index in [2.05, 4.69) is 22.5 Å². The molecule has 0 bridgehead atoms. The standard InChI is InChI=1S/C18H23N3O3S/c22-16(14-7-4-10-24-14)20-18-19-13-8-9-21(11-15(13)25-18)17(23)12-5-2-1-3-6-12/h1-2,12,14H,3-11H2,(H,19,20,22)/t12-,14-/m0/s1. The summed E-state index contributed by atoms with van der Waals surface area (Å²) < 4.78 is 5.41. The molecule has 7 heteroatoms. The molecule has 4 rings (SSSR count). The summed E-state index contributed by atoms with van der Waals surface area (Å²) in [4.78, 5) is 32.5. The Labute approximate surface area is 151 Å². The molecule has 0 radical (unpaired) electrons. The Balaban J connectivity index is 1.39. The quantitative estimate of drug-likeness (QED) is 0.840. The summed E-state index contributed by atoms with van der Waals surface area (Å²) in [6.45, 7) is 1.98. The molecule has 2 aliphatic heterocycles. The second-order valence-corrected chi connectivity index (χ2v) is 7.95. The van der Waals surface area contributed by atoms with E-state index in [1.807, 2.05) is 4.90 Å². The van der Waals surface area contributed by atoms with Gasteiger partial charge in [-0.15, -0.1) is 0 Å². The molecular weight excluding hydrogens is 338 g/mol. The van der Waals surface area contributed by atoms with Gasteiger partial charge < -0.3 is 9.64 Å². The van der Waals surface area contributed by atoms with Crippen molar-refractivity contribution >= 4 is 28.3 Å². The molecule has 25 heavy (non-hydrogen) atoms. The van der Waals surface area contributed by atoms with Crippen LogP contribution in [0, 0.1) is 5.92 Å². The second-order valence-electron chi connectivity index (χ2n) is 6.87. The maximum Gasteiger partial charge on any atom is 0.255 e. The second kappa shape index (κ2) is 7.25. The predicted octanol–water partition coefficient (Wildman–Crippen LogP) is 2.50. The van der Waals surface area contributed by atoms with Crippen molar-refractivity contribution < 1.29 is 14.3 Å². The number of hydrogen-bond donors (Lipinski definition) is 1. The lowest BCUT2D eigenvalue weighted by atomic mass is 9.92. The number of carbonyl (C=O) groups is 2. The van der Waals surface area contributed by atoms with E-state index >= 15 is 0 Å². The van der Waals surface area contributed by atoms with Gasteiger partial charge >= 0.3 is 0 Å². The Morgan fingerprint density at radius 1 is 1.32 bits per heavy atom. The van der Waals surface area contributed by atoms with Crippen LogP contribution in [0.15, 0.2) is 12.2 Å². The third-order valence-corrected chi connectivity index (χ3v) is 6.11. The van der Waals surface area contributed by atoms with Crippen LogP contribution in [0.2, 0.25) is 0 Å². The zero-order valence-electron chi connectivity index (χ0n) is 14.2. The molecule has 1 aromatic heterocycles. The van der Waals surface area contributed by atoms with Gasteiger partial charge in [0, 0.05) is 30.4 Å². The van der Waals surface area contributed by atoms with Crippen molar-refractivity contribution in [1.29, 1.82) is 0 Å². The summed E-state index contributed by atoms with van der Waals surface area (Å²) in [7, 11) is 0. The summed E-state index contributed by atoms with van der Waals surface area (Å²) >= 11 is 1.48. The van der Waals surface area contributed by atoms with Crippen LogP contribution in [0.25, 0.3) is 0 Å². The minimum absolute atomic E-state index is 0.106. The molecule has 2 atom stereocenters. The number of hydrogen-bond acceptors (Lipinski definition) is 5. The van der Waals surface area contributed by atoms with Crippen LogP contribution in [-0.4, -0.2) is 41.0 Å². The van der Waals surface area contributed by atoms with E-state index in [0.29, 0.717) is 18.3 Å². The lowest BCUT2D eigenvalue weighted by Crippen LogP contribution is -2.39. The minimum Gasteiger partial charge on any atom is -0.368 e. The van der Waals surface area contributed by atoms with Crippen molar-refractivity contribution in [1.82, 2.24) is 9.88 Å². The summed E-state index contributed by atoms with van der Waals surface area (Å²) in [5.74, 6) is 0.275. The molecule has 3 aliphatic rings. The summed E-state index contributed by atoms with van der Waals surface area (Å²) in [5, 5.41) is 3.50. The molecule has 3 heterocycles. The number of ether oxygens (including phenoxy) is 1. The maximum absolute atomic E-state index is 12.7. The number of aromatic nitrogens is 1. The normalized spacial score (nSPS) is 25.7. The number of allylic oxidation sites excluding steroid dienone is 2. The molecule has 1 saturated heterocycles. The summed E-state index contributed by atoms with van der Waals surface area (Å²) in [5.41, 5.74) is 1.01. The fourth-order valence-electron chi connectivity index (χ4n) is 3.68. The number of carbonyl (C=O) groups excluding carboxylic acids is 2. The monoisotopic (exact) mass is 361 g/mol. The van der Waals surface area contributed by atoms with Gasteiger partial charge in [0.1, 0.15) is 6.10 Å². The first-order valence-corrected chi connectivity index (χ1v) is 9.87. The molecule has 134 valence electrons. The number of anilines is 1.